The van der Waals surface area contributed by atoms with E-state index in [1.807, 2.05) is 0 Å². The molecule has 5 rings (SSSR count). The van der Waals surface area contributed by atoms with Crippen LogP contribution < -0.4 is 0 Å². The van der Waals surface area contributed by atoms with Crippen LogP contribution in [0, 0.1) is 46.3 Å². The van der Waals surface area contributed by atoms with E-state index in [0.717, 1.165) is 87.4 Å². The number of allylic oxidation sites excluding steroid dienone is 5. The van der Waals surface area contributed by atoms with Crippen LogP contribution in [-0.4, -0.2) is 75.7 Å². The first-order valence-electron chi connectivity index (χ1n) is 28.3. The Morgan fingerprint density at radius 1 is 0.754 bits per heavy atom. The van der Waals surface area contributed by atoms with Gasteiger partial charge in [0.2, 0.25) is 0 Å². The lowest BCUT2D eigenvalue weighted by Gasteiger charge is -2.58. The molecule has 374 valence electrons. The van der Waals surface area contributed by atoms with Gasteiger partial charge in [0.25, 0.3) is 0 Å². The number of nitrogens with zero attached hydrogens (tertiary/aromatic N) is 1. The monoisotopic (exact) mass is 906 g/mol. The topological polar surface area (TPSA) is 57.2 Å². The Bertz CT molecular complexity index is 1380. The fraction of sp³-hybridized carbons (Fsp3) is 0.881. The molecule has 1 aliphatic heterocycles. The molecule has 5 aliphatic rings. The number of piperidine rings is 1. The molecule has 9 atom stereocenters. The van der Waals surface area contributed by atoms with Crippen molar-refractivity contribution in [1.82, 2.24) is 4.90 Å². The molecule has 0 bridgehead atoms. The number of hydrogen-bond donors (Lipinski definition) is 0. The van der Waals surface area contributed by atoms with E-state index >= 15 is 0 Å². The second-order valence-electron chi connectivity index (χ2n) is 22.9. The number of ether oxygens (including phenoxy) is 4. The molecular formula is C59H103NO5. The Hall–Kier alpha value is -1.47. The predicted octanol–water partition coefficient (Wildman–Crippen LogP) is 15.4. The zero-order chi connectivity index (χ0) is 46.2. The number of fused-ring (bicyclic) bond motifs is 5. The van der Waals surface area contributed by atoms with Gasteiger partial charge in [0.05, 0.1) is 25.9 Å². The summed E-state index contributed by atoms with van der Waals surface area (Å²) in [5.41, 5.74) is 2.41. The number of hydrogen-bond acceptors (Lipinski definition) is 6. The summed E-state index contributed by atoms with van der Waals surface area (Å²) in [4.78, 5) is 15.6. The van der Waals surface area contributed by atoms with Gasteiger partial charge in [0.15, 0.2) is 0 Å². The average molecular weight is 906 g/mol. The molecule has 0 aromatic carbocycles. The van der Waals surface area contributed by atoms with E-state index < -0.39 is 0 Å². The van der Waals surface area contributed by atoms with Gasteiger partial charge >= 0.3 is 5.97 Å². The van der Waals surface area contributed by atoms with E-state index in [9.17, 15) is 4.79 Å². The number of esters is 1. The summed E-state index contributed by atoms with van der Waals surface area (Å²) in [7, 11) is 0. The molecule has 0 aromatic rings. The largest absolute Gasteiger partial charge is 0.462 e. The molecule has 65 heavy (non-hydrogen) atoms. The average Bonchev–Trinajstić information content (AvgIpc) is 3.66. The molecule has 4 fully saturated rings. The summed E-state index contributed by atoms with van der Waals surface area (Å²) in [6, 6.07) is 0. The number of likely N-dealkylation sites (tertiary alicyclic amines) is 1. The second kappa shape index (κ2) is 30.2. The Morgan fingerprint density at radius 2 is 1.49 bits per heavy atom. The zero-order valence-electron chi connectivity index (χ0n) is 43.4. The molecule has 6 heteroatoms. The highest BCUT2D eigenvalue weighted by Crippen LogP contribution is 2.67. The maximum Gasteiger partial charge on any atom is 0.306 e. The van der Waals surface area contributed by atoms with Gasteiger partial charge in [-0.3, -0.25) is 4.79 Å². The van der Waals surface area contributed by atoms with Crippen LogP contribution in [0.15, 0.2) is 36.0 Å². The zero-order valence-corrected chi connectivity index (χ0v) is 43.4. The molecule has 0 amide bonds. The maximum atomic E-state index is 13.0. The van der Waals surface area contributed by atoms with Crippen LogP contribution in [0.3, 0.4) is 0 Å². The minimum Gasteiger partial charge on any atom is -0.462 e. The fourth-order valence-corrected chi connectivity index (χ4v) is 13.7. The van der Waals surface area contributed by atoms with Crippen molar-refractivity contribution in [3.63, 3.8) is 0 Å². The van der Waals surface area contributed by atoms with Crippen LogP contribution in [0.2, 0.25) is 0 Å². The van der Waals surface area contributed by atoms with Crippen LogP contribution in [0.4, 0.5) is 0 Å². The third-order valence-electron chi connectivity index (χ3n) is 17.5. The molecule has 4 aliphatic carbocycles. The van der Waals surface area contributed by atoms with E-state index in [-0.39, 0.29) is 23.6 Å². The van der Waals surface area contributed by atoms with E-state index in [4.69, 9.17) is 18.9 Å². The van der Waals surface area contributed by atoms with Gasteiger partial charge in [-0.05, 0) is 162 Å². The Kier molecular flexibility index (Phi) is 25.3. The molecule has 1 heterocycles. The summed E-state index contributed by atoms with van der Waals surface area (Å²) >= 11 is 0. The summed E-state index contributed by atoms with van der Waals surface area (Å²) in [5, 5.41) is 0. The number of carbonyl (C=O) groups excluding carboxylic acids is 1. The third kappa shape index (κ3) is 18.1. The normalized spacial score (nSPS) is 29.2. The van der Waals surface area contributed by atoms with Gasteiger partial charge in [-0.1, -0.05) is 142 Å². The molecule has 0 N–H and O–H groups in total. The van der Waals surface area contributed by atoms with E-state index in [0.29, 0.717) is 44.7 Å². The summed E-state index contributed by atoms with van der Waals surface area (Å²) in [5.74, 6) is 5.04. The van der Waals surface area contributed by atoms with Crippen LogP contribution in [0.25, 0.3) is 0 Å². The van der Waals surface area contributed by atoms with Gasteiger partial charge in [0, 0.05) is 32.6 Å². The lowest BCUT2D eigenvalue weighted by Crippen LogP contribution is -2.51. The molecule has 4 unspecified atom stereocenters. The van der Waals surface area contributed by atoms with Crippen LogP contribution >= 0.6 is 0 Å². The number of unbranched alkanes of at least 4 members (excludes halogenated alkanes) is 9. The smallest absolute Gasteiger partial charge is 0.306 e. The molecule has 0 spiro atoms. The van der Waals surface area contributed by atoms with Gasteiger partial charge in [-0.25, -0.2) is 0 Å². The van der Waals surface area contributed by atoms with Crippen molar-refractivity contribution in [1.29, 1.82) is 0 Å². The first-order valence-corrected chi connectivity index (χ1v) is 28.3. The Labute approximate surface area is 401 Å². The predicted molar refractivity (Wildman–Crippen MR) is 273 cm³/mol. The number of carbonyl (C=O) groups is 1. The highest BCUT2D eigenvalue weighted by molar-refractivity contribution is 5.69. The first kappa shape index (κ1) is 54.5. The number of rotatable bonds is 33. The fourth-order valence-electron chi connectivity index (χ4n) is 13.7. The molecule has 3 saturated carbocycles. The lowest BCUT2D eigenvalue weighted by molar-refractivity contribution is -0.152. The van der Waals surface area contributed by atoms with Crippen molar-refractivity contribution < 1.29 is 23.7 Å². The van der Waals surface area contributed by atoms with Crippen LogP contribution in [0.1, 0.15) is 221 Å². The lowest BCUT2D eigenvalue weighted by atomic mass is 9.47. The Morgan fingerprint density at radius 3 is 2.26 bits per heavy atom. The van der Waals surface area contributed by atoms with Crippen molar-refractivity contribution in [3.05, 3.63) is 36.0 Å². The molecule has 1 saturated heterocycles. The van der Waals surface area contributed by atoms with E-state index in [1.54, 1.807) is 5.57 Å². The molecular weight excluding hydrogens is 803 g/mol. The van der Waals surface area contributed by atoms with E-state index in [1.165, 1.54) is 141 Å². The van der Waals surface area contributed by atoms with Crippen molar-refractivity contribution >= 4 is 5.97 Å². The summed E-state index contributed by atoms with van der Waals surface area (Å²) in [6.07, 6.45) is 46.5. The minimum absolute atomic E-state index is 0.0309. The first-order chi connectivity index (χ1) is 31.6. The molecule has 6 nitrogen and oxygen atoms in total. The SMILES string of the molecule is CCCCC/C=C\C/C=C\CCCCCCCCOCC(CN1CCCCC1)OCCOCCCC(=O)O[C@H]1CC[C@@]2(C)C(=CCC3C2CC[C@@]2(C)C3CC[C@@H]2[C@H](C)CCCC(C)C)C1. The van der Waals surface area contributed by atoms with Gasteiger partial charge in [-0.15, -0.1) is 0 Å². The minimum atomic E-state index is -0.0563. The highest BCUT2D eigenvalue weighted by atomic mass is 16.6. The quantitative estimate of drug-likeness (QED) is 0.0371. The van der Waals surface area contributed by atoms with Crippen molar-refractivity contribution in [2.75, 3.05) is 52.7 Å². The summed E-state index contributed by atoms with van der Waals surface area (Å²) in [6.45, 7) is 21.3. The molecule has 0 aromatic heterocycles. The summed E-state index contributed by atoms with van der Waals surface area (Å²) < 4.78 is 24.7. The van der Waals surface area contributed by atoms with Gasteiger partial charge < -0.3 is 23.8 Å². The highest BCUT2D eigenvalue weighted by Gasteiger charge is 2.59. The van der Waals surface area contributed by atoms with Crippen molar-refractivity contribution in [2.24, 2.45) is 46.3 Å². The van der Waals surface area contributed by atoms with Crippen molar-refractivity contribution in [3.8, 4) is 0 Å². The van der Waals surface area contributed by atoms with Gasteiger partial charge in [0.1, 0.15) is 6.10 Å². The van der Waals surface area contributed by atoms with Crippen molar-refractivity contribution in [2.45, 2.75) is 234 Å². The maximum absolute atomic E-state index is 13.0. The second-order valence-corrected chi connectivity index (χ2v) is 22.9. The van der Waals surface area contributed by atoms with Crippen LogP contribution in [0.5, 0.6) is 0 Å². The Balaban J connectivity index is 0.903. The van der Waals surface area contributed by atoms with Gasteiger partial charge in [-0.2, -0.15) is 0 Å². The standard InChI is InChI=1S/C59H103NO5/c1-7-8-9-10-11-12-13-14-15-16-17-18-19-20-21-25-41-63-47-52(46-60-39-23-22-24-40-60)64-44-43-62-42-27-30-57(61)65-51-35-37-58(5)50(45-51)31-32-53-55-34-33-54(49(4)29-26-28-48(2)3)59(55,6)38-36-56(53)58/h11-12,14-15,31,48-49,51-56H,7-10,13,16-30,32-47H2,1-6H3/b12-11-,15-14-/t49-,51+,52?,53?,54-,55?,56?,58+,59-/m1/s1. The van der Waals surface area contributed by atoms with E-state index in [2.05, 4.69) is 76.8 Å². The third-order valence-corrected chi connectivity index (χ3v) is 17.5. The molecule has 0 radical (unpaired) electrons. The van der Waals surface area contributed by atoms with Crippen LogP contribution in [-0.2, 0) is 23.7 Å².